The van der Waals surface area contributed by atoms with Gasteiger partial charge in [0, 0.05) is 13.1 Å². The van der Waals surface area contributed by atoms with Crippen LogP contribution in [0.5, 0.6) is 0 Å². The summed E-state index contributed by atoms with van der Waals surface area (Å²) in [7, 11) is -3.52. The Morgan fingerprint density at radius 3 is 2.08 bits per heavy atom. The number of rotatable bonds is 5. The largest absolute Gasteiger partial charge is 0.341 e. The molecular weight excluding hydrogens is 194 g/mol. The fraction of sp³-hybridized carbons (Fsp3) is 0.857. The Labute approximate surface area is 78.8 Å². The maximum atomic E-state index is 11.2. The third-order valence-electron chi connectivity index (χ3n) is 1.51. The van der Waals surface area contributed by atoms with E-state index in [1.54, 1.807) is 0 Å². The second kappa shape index (κ2) is 5.18. The van der Waals surface area contributed by atoms with Gasteiger partial charge >= 0.3 is 0 Å². The predicted octanol–water partition coefficient (Wildman–Crippen LogP) is -0.169. The topological polar surface area (TPSA) is 63.7 Å². The second-order valence-electron chi connectivity index (χ2n) is 2.53. The highest BCUT2D eigenvalue weighted by Crippen LogP contribution is 1.92. The van der Waals surface area contributed by atoms with Crippen molar-refractivity contribution in [1.29, 1.82) is 0 Å². The van der Waals surface area contributed by atoms with Gasteiger partial charge in [0.15, 0.2) is 0 Å². The molecule has 0 atom stereocenters. The molecule has 0 N–H and O–H groups in total. The lowest BCUT2D eigenvalue weighted by molar-refractivity contribution is -0.132. The minimum absolute atomic E-state index is 0.310. The summed E-state index contributed by atoms with van der Waals surface area (Å²) in [5, 5.41) is 0. The molecule has 0 saturated heterocycles. The molecule has 1 amide bonds. The van der Waals surface area contributed by atoms with Gasteiger partial charge in [-0.05, 0) is 13.8 Å². The lowest BCUT2D eigenvalue weighted by Gasteiger charge is -2.17. The molecule has 0 saturated carbocycles. The Bertz CT molecular complexity index is 256. The molecule has 0 rings (SSSR count). The van der Waals surface area contributed by atoms with Gasteiger partial charge in [-0.25, -0.2) is 0 Å². The lowest BCUT2D eigenvalue weighted by atomic mass is 10.5. The summed E-state index contributed by atoms with van der Waals surface area (Å²) in [4.78, 5) is 12.7. The summed E-state index contributed by atoms with van der Waals surface area (Å²) >= 11 is 0. The molecule has 0 spiro atoms. The third-order valence-corrected chi connectivity index (χ3v) is 2.06. The van der Waals surface area contributed by atoms with Crippen molar-refractivity contribution in [1.82, 2.24) is 4.90 Å². The van der Waals surface area contributed by atoms with E-state index in [0.29, 0.717) is 13.1 Å². The van der Waals surface area contributed by atoms with Gasteiger partial charge < -0.3 is 4.90 Å². The number of hydrogen-bond donors (Lipinski definition) is 0. The first-order valence-corrected chi connectivity index (χ1v) is 5.84. The normalized spacial score (nSPS) is 11.3. The van der Waals surface area contributed by atoms with Crippen molar-refractivity contribution >= 4 is 16.0 Å². The van der Waals surface area contributed by atoms with Crippen LogP contribution < -0.4 is 0 Å². The van der Waals surface area contributed by atoms with Gasteiger partial charge in [-0.15, -0.1) is 0 Å². The molecule has 5 nitrogen and oxygen atoms in total. The van der Waals surface area contributed by atoms with E-state index in [0.717, 1.165) is 6.26 Å². The number of carbonyl (C=O) groups excluding carboxylic acids is 1. The molecule has 0 aromatic carbocycles. The van der Waals surface area contributed by atoms with Gasteiger partial charge in [0.25, 0.3) is 10.1 Å². The first-order chi connectivity index (χ1) is 5.90. The van der Waals surface area contributed by atoms with Crippen LogP contribution in [0.1, 0.15) is 13.8 Å². The highest BCUT2D eigenvalue weighted by Gasteiger charge is 2.12. The summed E-state index contributed by atoms with van der Waals surface area (Å²) in [6.45, 7) is 4.36. The lowest BCUT2D eigenvalue weighted by Crippen LogP contribution is -2.34. The minimum Gasteiger partial charge on any atom is -0.341 e. The van der Waals surface area contributed by atoms with Crippen LogP contribution in [-0.2, 0) is 19.1 Å². The van der Waals surface area contributed by atoms with Crippen molar-refractivity contribution in [2.24, 2.45) is 0 Å². The third kappa shape index (κ3) is 5.59. The van der Waals surface area contributed by atoms with E-state index in [2.05, 4.69) is 4.18 Å². The van der Waals surface area contributed by atoms with Crippen LogP contribution in [0.15, 0.2) is 0 Å². The van der Waals surface area contributed by atoms with Gasteiger partial charge in [-0.3, -0.25) is 8.98 Å². The number of nitrogens with zero attached hydrogens (tertiary/aromatic N) is 1. The van der Waals surface area contributed by atoms with Crippen molar-refractivity contribution in [3.05, 3.63) is 0 Å². The molecule has 0 fully saturated rings. The van der Waals surface area contributed by atoms with Gasteiger partial charge in [0.05, 0.1) is 6.26 Å². The second-order valence-corrected chi connectivity index (χ2v) is 4.18. The zero-order valence-electron chi connectivity index (χ0n) is 8.11. The van der Waals surface area contributed by atoms with Gasteiger partial charge in [-0.2, -0.15) is 8.42 Å². The smallest absolute Gasteiger partial charge is 0.264 e. The monoisotopic (exact) mass is 209 g/mol. The van der Waals surface area contributed by atoms with Gasteiger partial charge in [0.1, 0.15) is 6.61 Å². The number of hydrogen-bond acceptors (Lipinski definition) is 4. The summed E-state index contributed by atoms with van der Waals surface area (Å²) in [6.07, 6.45) is 0.919. The van der Waals surface area contributed by atoms with Crippen molar-refractivity contribution in [2.75, 3.05) is 26.0 Å². The molecule has 0 heterocycles. The van der Waals surface area contributed by atoms with Gasteiger partial charge in [-0.1, -0.05) is 0 Å². The minimum atomic E-state index is -3.52. The molecule has 6 heteroatoms. The number of likely N-dealkylation sites (N-methyl/N-ethyl adjacent to an activating group) is 1. The van der Waals surface area contributed by atoms with Crippen LogP contribution in [0.2, 0.25) is 0 Å². The van der Waals surface area contributed by atoms with Crippen LogP contribution in [0.3, 0.4) is 0 Å². The summed E-state index contributed by atoms with van der Waals surface area (Å²) in [5.74, 6) is -0.310. The molecule has 0 aromatic heterocycles. The van der Waals surface area contributed by atoms with Crippen molar-refractivity contribution in [3.63, 3.8) is 0 Å². The van der Waals surface area contributed by atoms with E-state index in [1.165, 1.54) is 4.90 Å². The quantitative estimate of drug-likeness (QED) is 0.590. The van der Waals surface area contributed by atoms with Crippen molar-refractivity contribution in [2.45, 2.75) is 13.8 Å². The van der Waals surface area contributed by atoms with Crippen LogP contribution in [0.4, 0.5) is 0 Å². The molecule has 13 heavy (non-hydrogen) atoms. The van der Waals surface area contributed by atoms with E-state index >= 15 is 0 Å². The highest BCUT2D eigenvalue weighted by molar-refractivity contribution is 7.86. The number of carbonyl (C=O) groups is 1. The first kappa shape index (κ1) is 12.4. The molecule has 0 radical (unpaired) electrons. The predicted molar refractivity (Wildman–Crippen MR) is 48.7 cm³/mol. The molecule has 0 unspecified atom stereocenters. The van der Waals surface area contributed by atoms with Crippen LogP contribution in [-0.4, -0.2) is 45.2 Å². The number of amides is 1. The molecular formula is C7H15NO4S. The molecule has 0 aliphatic carbocycles. The maximum Gasteiger partial charge on any atom is 0.264 e. The Hall–Kier alpha value is -0.620. The standard InChI is InChI=1S/C7H15NO4S/c1-4-8(5-2)7(9)6-12-13(3,10)11/h4-6H2,1-3H3. The Morgan fingerprint density at radius 2 is 1.77 bits per heavy atom. The van der Waals surface area contributed by atoms with Crippen LogP contribution in [0.25, 0.3) is 0 Å². The Morgan fingerprint density at radius 1 is 1.31 bits per heavy atom. The van der Waals surface area contributed by atoms with Crippen LogP contribution in [0, 0.1) is 0 Å². The zero-order valence-corrected chi connectivity index (χ0v) is 8.93. The molecule has 0 aromatic rings. The molecule has 0 bridgehead atoms. The first-order valence-electron chi connectivity index (χ1n) is 4.02. The van der Waals surface area contributed by atoms with Gasteiger partial charge in [0.2, 0.25) is 5.91 Å². The molecule has 0 aliphatic heterocycles. The fourth-order valence-corrected chi connectivity index (χ4v) is 1.14. The SMILES string of the molecule is CCN(CC)C(=O)COS(C)(=O)=O. The van der Waals surface area contributed by atoms with Crippen molar-refractivity contribution < 1.29 is 17.4 Å². The Kier molecular flexibility index (Phi) is 4.94. The molecule has 78 valence electrons. The summed E-state index contributed by atoms with van der Waals surface area (Å²) < 4.78 is 25.4. The van der Waals surface area contributed by atoms with E-state index in [1.807, 2.05) is 13.8 Å². The van der Waals surface area contributed by atoms with Crippen LogP contribution >= 0.6 is 0 Å². The summed E-state index contributed by atoms with van der Waals surface area (Å²) in [5.41, 5.74) is 0. The zero-order chi connectivity index (χ0) is 10.5. The summed E-state index contributed by atoms with van der Waals surface area (Å²) in [6, 6.07) is 0. The fourth-order valence-electron chi connectivity index (χ4n) is 0.825. The Balaban J connectivity index is 4.01. The average Bonchev–Trinajstić information content (AvgIpc) is 2.02. The van der Waals surface area contributed by atoms with E-state index in [4.69, 9.17) is 0 Å². The van der Waals surface area contributed by atoms with E-state index in [9.17, 15) is 13.2 Å². The van der Waals surface area contributed by atoms with E-state index < -0.39 is 16.7 Å². The molecule has 0 aliphatic rings. The van der Waals surface area contributed by atoms with Crippen molar-refractivity contribution in [3.8, 4) is 0 Å². The van der Waals surface area contributed by atoms with E-state index in [-0.39, 0.29) is 5.91 Å². The average molecular weight is 209 g/mol. The highest BCUT2D eigenvalue weighted by atomic mass is 32.2. The maximum absolute atomic E-state index is 11.2.